The van der Waals surface area contributed by atoms with Crippen molar-refractivity contribution >= 4 is 35.1 Å². The fourth-order valence-electron chi connectivity index (χ4n) is 5.61. The van der Waals surface area contributed by atoms with E-state index in [1.165, 1.54) is 4.90 Å². The van der Waals surface area contributed by atoms with Crippen LogP contribution in [0.5, 0.6) is 5.75 Å². The van der Waals surface area contributed by atoms with Crippen molar-refractivity contribution < 1.29 is 23.9 Å². The molecule has 9 nitrogen and oxygen atoms in total. The van der Waals surface area contributed by atoms with E-state index in [0.717, 1.165) is 16.7 Å². The fraction of sp³-hybridized carbons (Fsp3) is 0.267. The van der Waals surface area contributed by atoms with Crippen molar-refractivity contribution in [2.24, 2.45) is 0 Å². The molecule has 0 radical (unpaired) electrons. The molecule has 2 heterocycles. The van der Waals surface area contributed by atoms with Gasteiger partial charge in [0.25, 0.3) is 11.8 Å². The van der Waals surface area contributed by atoms with E-state index in [9.17, 15) is 19.2 Å². The molecule has 0 saturated carbocycles. The molecule has 5 amide bonds. The third-order valence-corrected chi connectivity index (χ3v) is 7.62. The number of amides is 5. The van der Waals surface area contributed by atoms with Crippen LogP contribution in [0.3, 0.4) is 0 Å². The van der Waals surface area contributed by atoms with Crippen LogP contribution in [0.15, 0.2) is 72.8 Å². The molecular weight excluding hydrogens is 496 g/mol. The number of anilines is 2. The predicted molar refractivity (Wildman–Crippen MR) is 144 cm³/mol. The molecule has 2 atom stereocenters. The second kappa shape index (κ2) is 9.58. The number of hydrogen-bond acceptors (Lipinski definition) is 5. The normalized spacial score (nSPS) is 21.2. The zero-order valence-corrected chi connectivity index (χ0v) is 21.5. The Hall–Kier alpha value is -4.66. The average molecular weight is 525 g/mol. The molecule has 2 N–H and O–H groups in total. The van der Waals surface area contributed by atoms with Crippen LogP contribution in [0.4, 0.5) is 16.2 Å². The minimum absolute atomic E-state index is 0.151. The number of hydrogen-bond donors (Lipinski definition) is 2. The van der Waals surface area contributed by atoms with Crippen LogP contribution in [0.2, 0.25) is 0 Å². The summed E-state index contributed by atoms with van der Waals surface area (Å²) in [6, 6.07) is 22.1. The van der Waals surface area contributed by atoms with E-state index in [0.29, 0.717) is 42.9 Å². The third kappa shape index (κ3) is 4.39. The van der Waals surface area contributed by atoms with Gasteiger partial charge in [0.15, 0.2) is 6.10 Å². The number of nitrogens with one attached hydrogen (secondary N) is 2. The summed E-state index contributed by atoms with van der Waals surface area (Å²) in [6.45, 7) is 2.03. The van der Waals surface area contributed by atoms with E-state index >= 15 is 0 Å². The molecule has 0 bridgehead atoms. The van der Waals surface area contributed by atoms with Crippen molar-refractivity contribution in [1.82, 2.24) is 10.6 Å². The number of carbonyl (C=O) groups excluding carboxylic acids is 4. The lowest BCUT2D eigenvalue weighted by atomic mass is 9.96. The highest BCUT2D eigenvalue weighted by atomic mass is 16.5. The second-order valence-corrected chi connectivity index (χ2v) is 10.2. The molecule has 198 valence electrons. The number of carbonyl (C=O) groups is 4. The van der Waals surface area contributed by atoms with E-state index in [1.807, 2.05) is 67.6 Å². The minimum atomic E-state index is -0.995. The van der Waals surface area contributed by atoms with Gasteiger partial charge in [-0.1, -0.05) is 55.5 Å². The van der Waals surface area contributed by atoms with Gasteiger partial charge in [-0.15, -0.1) is 0 Å². The van der Waals surface area contributed by atoms with Crippen molar-refractivity contribution in [3.8, 4) is 5.75 Å². The minimum Gasteiger partial charge on any atom is -0.478 e. The topological polar surface area (TPSA) is 108 Å². The zero-order chi connectivity index (χ0) is 27.1. The maximum atomic E-state index is 14.0. The summed E-state index contributed by atoms with van der Waals surface area (Å²) < 4.78 is 5.88. The van der Waals surface area contributed by atoms with E-state index in [4.69, 9.17) is 4.74 Å². The molecule has 2 unspecified atom stereocenters. The Labute approximate surface area is 225 Å². The number of imide groups is 1. The van der Waals surface area contributed by atoms with Crippen molar-refractivity contribution in [3.05, 3.63) is 89.5 Å². The molecule has 9 heteroatoms. The Morgan fingerprint density at radius 1 is 1.00 bits per heavy atom. The van der Waals surface area contributed by atoms with Crippen LogP contribution in [0.1, 0.15) is 30.0 Å². The molecule has 1 spiro atoms. The summed E-state index contributed by atoms with van der Waals surface area (Å²) >= 11 is 0. The number of para-hydroxylation sites is 2. The van der Waals surface area contributed by atoms with Crippen molar-refractivity contribution in [2.45, 2.75) is 44.4 Å². The van der Waals surface area contributed by atoms with Crippen LogP contribution >= 0.6 is 0 Å². The van der Waals surface area contributed by atoms with Gasteiger partial charge in [0.2, 0.25) is 5.91 Å². The van der Waals surface area contributed by atoms with Gasteiger partial charge in [-0.05, 0) is 47.4 Å². The first-order valence-corrected chi connectivity index (χ1v) is 13.0. The smallest absolute Gasteiger partial charge is 0.322 e. The molecule has 0 aromatic heterocycles. The molecule has 3 aromatic rings. The third-order valence-electron chi connectivity index (χ3n) is 7.62. The first-order chi connectivity index (χ1) is 18.9. The highest BCUT2D eigenvalue weighted by molar-refractivity contribution is 6.08. The van der Waals surface area contributed by atoms with Crippen LogP contribution in [0, 0.1) is 0 Å². The number of rotatable bonds is 6. The van der Waals surface area contributed by atoms with E-state index in [1.54, 1.807) is 17.0 Å². The quantitative estimate of drug-likeness (QED) is 0.482. The van der Waals surface area contributed by atoms with E-state index in [-0.39, 0.29) is 24.3 Å². The summed E-state index contributed by atoms with van der Waals surface area (Å²) in [7, 11) is 0. The predicted octanol–water partition coefficient (Wildman–Crippen LogP) is 3.10. The van der Waals surface area contributed by atoms with Crippen LogP contribution in [0.25, 0.3) is 0 Å². The number of benzene rings is 3. The van der Waals surface area contributed by atoms with Gasteiger partial charge in [0.05, 0.1) is 12.2 Å². The average Bonchev–Trinajstić information content (AvgIpc) is 3.45. The summed E-state index contributed by atoms with van der Waals surface area (Å²) in [5, 5.41) is 5.12. The largest absolute Gasteiger partial charge is 0.478 e. The Bertz CT molecular complexity index is 1490. The van der Waals surface area contributed by atoms with Crippen molar-refractivity contribution in [2.75, 3.05) is 16.3 Å². The summed E-state index contributed by atoms with van der Waals surface area (Å²) in [4.78, 5) is 54.8. The molecule has 3 aromatic carbocycles. The molecule has 39 heavy (non-hydrogen) atoms. The molecule has 1 saturated heterocycles. The maximum Gasteiger partial charge on any atom is 0.322 e. The van der Waals surface area contributed by atoms with Gasteiger partial charge in [-0.2, -0.15) is 0 Å². The molecule has 6 rings (SSSR count). The Kier molecular flexibility index (Phi) is 6.06. The van der Waals surface area contributed by atoms with Crippen molar-refractivity contribution in [3.63, 3.8) is 0 Å². The zero-order valence-electron chi connectivity index (χ0n) is 21.5. The number of urea groups is 1. The van der Waals surface area contributed by atoms with Gasteiger partial charge in [-0.3, -0.25) is 24.6 Å². The van der Waals surface area contributed by atoms with Gasteiger partial charge in [0, 0.05) is 18.5 Å². The Morgan fingerprint density at radius 3 is 2.49 bits per heavy atom. The molecule has 1 aliphatic carbocycles. The first kappa shape index (κ1) is 24.7. The highest BCUT2D eigenvalue weighted by Crippen LogP contribution is 2.37. The SMILES string of the molecule is CCC1Oc2ccccc2N(CC(=O)N(Cc2ccccc2)c2ccc3c(c2)CC2(C3)NC(=O)NC2=O)C1=O. The lowest BCUT2D eigenvalue weighted by Crippen LogP contribution is -2.50. The summed E-state index contributed by atoms with van der Waals surface area (Å²) in [6.07, 6.45) is 0.570. The van der Waals surface area contributed by atoms with E-state index in [2.05, 4.69) is 10.6 Å². The Morgan fingerprint density at radius 2 is 1.74 bits per heavy atom. The van der Waals surface area contributed by atoms with E-state index < -0.39 is 17.7 Å². The summed E-state index contributed by atoms with van der Waals surface area (Å²) in [5.41, 5.74) is 3.02. The highest BCUT2D eigenvalue weighted by Gasteiger charge is 2.50. The molecule has 1 fully saturated rings. The van der Waals surface area contributed by atoms with Gasteiger partial charge >= 0.3 is 6.03 Å². The summed E-state index contributed by atoms with van der Waals surface area (Å²) in [5.74, 6) is -0.259. The molecule has 2 aliphatic heterocycles. The molecule has 3 aliphatic rings. The van der Waals surface area contributed by atoms with Gasteiger partial charge in [0.1, 0.15) is 17.8 Å². The van der Waals surface area contributed by atoms with Crippen molar-refractivity contribution in [1.29, 1.82) is 0 Å². The van der Waals surface area contributed by atoms with Gasteiger partial charge in [-0.25, -0.2) is 4.79 Å². The van der Waals surface area contributed by atoms with Crippen LogP contribution in [-0.4, -0.2) is 41.9 Å². The van der Waals surface area contributed by atoms with Crippen LogP contribution in [-0.2, 0) is 33.8 Å². The lowest BCUT2D eigenvalue weighted by molar-refractivity contribution is -0.128. The number of nitrogens with zero attached hydrogens (tertiary/aromatic N) is 2. The Balaban J connectivity index is 1.33. The maximum absolute atomic E-state index is 14.0. The number of fused-ring (bicyclic) bond motifs is 2. The van der Waals surface area contributed by atoms with Gasteiger partial charge < -0.3 is 15.0 Å². The lowest BCUT2D eigenvalue weighted by Gasteiger charge is -2.35. The number of ether oxygens (including phenoxy) is 1. The fourth-order valence-corrected chi connectivity index (χ4v) is 5.61. The van der Waals surface area contributed by atoms with Crippen LogP contribution < -0.4 is 25.2 Å². The standard InChI is InChI=1S/C30H28N4O5/c1-2-24-27(36)34(23-10-6-7-11-25(23)39-24)18-26(35)33(17-19-8-4-3-5-9-19)22-13-12-20-15-30(16-21(20)14-22)28(37)31-29(38)32-30/h3-14,24H,2,15-18H2,1H3,(H2,31,32,37,38). The second-order valence-electron chi connectivity index (χ2n) is 10.2. The first-order valence-electron chi connectivity index (χ1n) is 13.0. The monoisotopic (exact) mass is 524 g/mol. The molecular formula is C30H28N4O5.